The minimum Gasteiger partial charge on any atom is -0.461 e. The zero-order chi connectivity index (χ0) is 8.20. The van der Waals surface area contributed by atoms with Crippen molar-refractivity contribution < 1.29 is 9.53 Å². The molecule has 0 spiro atoms. The molecule has 0 radical (unpaired) electrons. The summed E-state index contributed by atoms with van der Waals surface area (Å²) >= 11 is 0. The lowest BCUT2D eigenvalue weighted by Crippen LogP contribution is -2.24. The van der Waals surface area contributed by atoms with Crippen LogP contribution in [0.25, 0.3) is 0 Å². The van der Waals surface area contributed by atoms with Crippen molar-refractivity contribution in [3.05, 3.63) is 0 Å². The topological polar surface area (TPSA) is 26.3 Å². The first kappa shape index (κ1) is 9.46. The highest BCUT2D eigenvalue weighted by Gasteiger charge is 2.25. The van der Waals surface area contributed by atoms with Crippen molar-refractivity contribution in [2.45, 2.75) is 13.8 Å². The van der Waals surface area contributed by atoms with Gasteiger partial charge in [0.05, 0.1) is 0 Å². The highest BCUT2D eigenvalue weighted by Crippen LogP contribution is 2.15. The number of carbonyl (C=O) groups excluding carboxylic acids is 1. The van der Waals surface area contributed by atoms with Crippen molar-refractivity contribution in [2.75, 3.05) is 6.35 Å². The number of hydrogen-bond acceptors (Lipinski definition) is 2. The molecule has 0 aromatic heterocycles. The molecule has 0 amide bonds. The van der Waals surface area contributed by atoms with Gasteiger partial charge in [-0.2, -0.15) is 0 Å². The van der Waals surface area contributed by atoms with Crippen molar-refractivity contribution in [3.63, 3.8) is 0 Å². The number of terminal acetylenes is 1. The zero-order valence-electron chi connectivity index (χ0n) is 6.18. The zero-order valence-corrected chi connectivity index (χ0v) is 7.33. The van der Waals surface area contributed by atoms with Crippen molar-refractivity contribution in [1.29, 1.82) is 0 Å². The molecule has 10 heavy (non-hydrogen) atoms. The Morgan fingerprint density at radius 3 is 2.60 bits per heavy atom. The Morgan fingerprint density at radius 1 is 1.80 bits per heavy atom. The van der Waals surface area contributed by atoms with E-state index in [9.17, 15) is 4.79 Å². The first-order chi connectivity index (χ1) is 4.54. The van der Waals surface area contributed by atoms with Crippen molar-refractivity contribution in [3.8, 4) is 12.3 Å². The van der Waals surface area contributed by atoms with Crippen LogP contribution in [0.2, 0.25) is 0 Å². The van der Waals surface area contributed by atoms with E-state index in [-0.39, 0.29) is 5.97 Å². The minimum atomic E-state index is -0.795. The number of rotatable bonds is 2. The van der Waals surface area contributed by atoms with Gasteiger partial charge >= 0.3 is 5.97 Å². The van der Waals surface area contributed by atoms with E-state index in [1.807, 2.05) is 0 Å². The molecule has 0 aliphatic rings. The standard InChI is InChI=1S/C7H11O2P/c1-4-7(2,3)6(8)9-5-10/h1H,5,10H2,2-3H3. The Labute approximate surface area is 63.5 Å². The molecule has 0 fully saturated rings. The lowest BCUT2D eigenvalue weighted by molar-refractivity contribution is -0.148. The summed E-state index contributed by atoms with van der Waals surface area (Å²) in [5.74, 6) is 1.99. The molecular weight excluding hydrogens is 147 g/mol. The Balaban J connectivity index is 4.09. The first-order valence-corrected chi connectivity index (χ1v) is 3.71. The third-order valence-corrected chi connectivity index (χ3v) is 1.25. The van der Waals surface area contributed by atoms with E-state index in [1.165, 1.54) is 0 Å². The van der Waals surface area contributed by atoms with Crippen LogP contribution in [0.1, 0.15) is 13.8 Å². The molecule has 0 aliphatic carbocycles. The van der Waals surface area contributed by atoms with Crippen LogP contribution in [0.5, 0.6) is 0 Å². The van der Waals surface area contributed by atoms with E-state index in [0.717, 1.165) is 0 Å². The normalized spacial score (nSPS) is 10.2. The van der Waals surface area contributed by atoms with Gasteiger partial charge in [0.25, 0.3) is 0 Å². The Bertz CT molecular complexity index is 167. The molecule has 0 N–H and O–H groups in total. The van der Waals surface area contributed by atoms with Crippen LogP contribution in [0.4, 0.5) is 0 Å². The van der Waals surface area contributed by atoms with Gasteiger partial charge in [-0.3, -0.25) is 4.79 Å². The van der Waals surface area contributed by atoms with E-state index < -0.39 is 5.41 Å². The summed E-state index contributed by atoms with van der Waals surface area (Å²) in [6.07, 6.45) is 5.38. The smallest absolute Gasteiger partial charge is 0.324 e. The van der Waals surface area contributed by atoms with Gasteiger partial charge in [-0.1, -0.05) is 15.2 Å². The Hall–Kier alpha value is -0.540. The fraction of sp³-hybridized carbons (Fsp3) is 0.571. The SMILES string of the molecule is C#CC(C)(C)C(=O)OCP. The molecule has 0 bridgehead atoms. The fourth-order valence-electron chi connectivity index (χ4n) is 0.315. The predicted octanol–water partition coefficient (Wildman–Crippen LogP) is 1.02. The van der Waals surface area contributed by atoms with Gasteiger partial charge in [-0.15, -0.1) is 6.42 Å². The van der Waals surface area contributed by atoms with Crippen LogP contribution in [0, 0.1) is 17.8 Å². The van der Waals surface area contributed by atoms with Crippen molar-refractivity contribution >= 4 is 15.2 Å². The second-order valence-electron chi connectivity index (χ2n) is 2.37. The molecular formula is C7H11O2P. The monoisotopic (exact) mass is 158 g/mol. The van der Waals surface area contributed by atoms with E-state index in [1.54, 1.807) is 13.8 Å². The Kier molecular flexibility index (Phi) is 3.39. The largest absolute Gasteiger partial charge is 0.461 e. The minimum absolute atomic E-state index is 0.296. The van der Waals surface area contributed by atoms with E-state index in [2.05, 4.69) is 19.9 Å². The van der Waals surface area contributed by atoms with Crippen molar-refractivity contribution in [1.82, 2.24) is 0 Å². The molecule has 1 atom stereocenters. The summed E-state index contributed by atoms with van der Waals surface area (Å²) in [4.78, 5) is 10.9. The molecule has 0 aromatic rings. The van der Waals surface area contributed by atoms with Crippen LogP contribution in [0.3, 0.4) is 0 Å². The lowest BCUT2D eigenvalue weighted by atomic mass is 9.96. The predicted molar refractivity (Wildman–Crippen MR) is 43.3 cm³/mol. The van der Waals surface area contributed by atoms with Crippen LogP contribution in [0.15, 0.2) is 0 Å². The van der Waals surface area contributed by atoms with Gasteiger partial charge in [0, 0.05) is 0 Å². The van der Waals surface area contributed by atoms with Gasteiger partial charge in [-0.25, -0.2) is 0 Å². The summed E-state index contributed by atoms with van der Waals surface area (Å²) in [5, 5.41) is 0. The lowest BCUT2D eigenvalue weighted by Gasteiger charge is -2.14. The summed E-state index contributed by atoms with van der Waals surface area (Å²) in [5.41, 5.74) is -0.795. The van der Waals surface area contributed by atoms with Gasteiger partial charge in [0.15, 0.2) is 0 Å². The maximum Gasteiger partial charge on any atom is 0.324 e. The molecule has 3 heteroatoms. The number of carbonyl (C=O) groups is 1. The molecule has 0 saturated carbocycles. The van der Waals surface area contributed by atoms with Gasteiger partial charge in [-0.05, 0) is 13.8 Å². The highest BCUT2D eigenvalue weighted by atomic mass is 31.0. The maximum absolute atomic E-state index is 10.9. The molecule has 0 rings (SSSR count). The average Bonchev–Trinajstić information content (AvgIpc) is 1.89. The molecule has 56 valence electrons. The van der Waals surface area contributed by atoms with E-state index in [0.29, 0.717) is 6.35 Å². The molecule has 2 nitrogen and oxygen atoms in total. The van der Waals surface area contributed by atoms with Gasteiger partial charge in [0.1, 0.15) is 11.8 Å². The molecule has 0 heterocycles. The van der Waals surface area contributed by atoms with Gasteiger partial charge in [0.2, 0.25) is 0 Å². The number of esters is 1. The number of hydrogen-bond donors (Lipinski definition) is 0. The third-order valence-electron chi connectivity index (χ3n) is 1.09. The molecule has 1 unspecified atom stereocenters. The quantitative estimate of drug-likeness (QED) is 0.340. The van der Waals surface area contributed by atoms with Crippen LogP contribution < -0.4 is 0 Å². The van der Waals surface area contributed by atoms with Crippen LogP contribution >= 0.6 is 9.24 Å². The van der Waals surface area contributed by atoms with E-state index >= 15 is 0 Å². The third kappa shape index (κ3) is 2.37. The van der Waals surface area contributed by atoms with Crippen LogP contribution in [-0.4, -0.2) is 12.3 Å². The molecule has 0 aliphatic heterocycles. The summed E-state index contributed by atoms with van der Waals surface area (Å²) in [6.45, 7) is 3.30. The average molecular weight is 158 g/mol. The maximum atomic E-state index is 10.9. The number of ether oxygens (including phenoxy) is 1. The second-order valence-corrected chi connectivity index (χ2v) is 2.70. The first-order valence-electron chi connectivity index (χ1n) is 2.89. The molecule has 0 aromatic carbocycles. The summed E-state index contributed by atoms with van der Waals surface area (Å²) in [7, 11) is 2.29. The summed E-state index contributed by atoms with van der Waals surface area (Å²) < 4.78 is 4.68. The molecule has 0 saturated heterocycles. The summed E-state index contributed by atoms with van der Waals surface area (Å²) in [6, 6.07) is 0. The van der Waals surface area contributed by atoms with Gasteiger partial charge < -0.3 is 4.74 Å². The Morgan fingerprint density at radius 2 is 2.30 bits per heavy atom. The highest BCUT2D eigenvalue weighted by molar-refractivity contribution is 7.16. The van der Waals surface area contributed by atoms with E-state index in [4.69, 9.17) is 6.42 Å². The van der Waals surface area contributed by atoms with Crippen molar-refractivity contribution in [2.24, 2.45) is 5.41 Å². The fourth-order valence-corrected chi connectivity index (χ4v) is 0.466. The second kappa shape index (κ2) is 3.58. The van der Waals surface area contributed by atoms with Crippen LogP contribution in [-0.2, 0) is 9.53 Å².